The molecule has 0 aliphatic rings. The van der Waals surface area contributed by atoms with E-state index in [0.29, 0.717) is 23.0 Å². The predicted octanol–water partition coefficient (Wildman–Crippen LogP) is 4.01. The molecule has 0 unspecified atom stereocenters. The van der Waals surface area contributed by atoms with Gasteiger partial charge >= 0.3 is 0 Å². The van der Waals surface area contributed by atoms with Crippen LogP contribution in [-0.4, -0.2) is 30.4 Å². The zero-order valence-electron chi connectivity index (χ0n) is 15.9. The second-order valence-electron chi connectivity index (χ2n) is 8.12. The Balaban J connectivity index is 1.77. The van der Waals surface area contributed by atoms with Crippen LogP contribution in [0.1, 0.15) is 40.2 Å². The lowest BCUT2D eigenvalue weighted by Crippen LogP contribution is -2.31. The Bertz CT molecular complexity index is 850. The van der Waals surface area contributed by atoms with Gasteiger partial charge in [-0.05, 0) is 41.0 Å². The summed E-state index contributed by atoms with van der Waals surface area (Å²) in [5.41, 5.74) is 2.88. The Morgan fingerprint density at radius 1 is 0.731 bits per heavy atom. The van der Waals surface area contributed by atoms with E-state index in [1.807, 2.05) is 30.5 Å². The second kappa shape index (κ2) is 6.86. The first-order chi connectivity index (χ1) is 12.3. The zero-order valence-corrected chi connectivity index (χ0v) is 15.9. The van der Waals surface area contributed by atoms with Crippen LogP contribution in [-0.2, 0) is 6.42 Å². The van der Waals surface area contributed by atoms with E-state index in [1.165, 1.54) is 5.56 Å². The fourth-order valence-electron chi connectivity index (χ4n) is 2.37. The van der Waals surface area contributed by atoms with Gasteiger partial charge in [0.25, 0.3) is 0 Å². The Kier molecular flexibility index (Phi) is 4.76. The van der Waals surface area contributed by atoms with Crippen molar-refractivity contribution in [3.05, 3.63) is 48.3 Å². The fourth-order valence-corrected chi connectivity index (χ4v) is 2.37. The second-order valence-corrected chi connectivity index (χ2v) is 8.12. The first-order valence-corrected chi connectivity index (χ1v) is 8.70. The van der Waals surface area contributed by atoms with Crippen molar-refractivity contribution < 1.29 is 0 Å². The smallest absolute Gasteiger partial charge is 0.221 e. The van der Waals surface area contributed by atoms with Gasteiger partial charge in [0.2, 0.25) is 11.6 Å². The van der Waals surface area contributed by atoms with Gasteiger partial charge in [0.05, 0.1) is 0 Å². The average molecular weight is 348 g/mol. The van der Waals surface area contributed by atoms with E-state index in [9.17, 15) is 0 Å². The van der Waals surface area contributed by atoms with Gasteiger partial charge in [-0.3, -0.25) is 9.97 Å². The van der Waals surface area contributed by atoms with E-state index in [1.54, 1.807) is 6.20 Å². The lowest BCUT2D eigenvalue weighted by Gasteiger charge is -2.39. The minimum atomic E-state index is 0.167. The summed E-state index contributed by atoms with van der Waals surface area (Å²) in [7, 11) is 0. The van der Waals surface area contributed by atoms with Crippen LogP contribution in [0.4, 0.5) is 0 Å². The molecule has 0 atom stereocenters. The Hall–Kier alpha value is -2.76. The van der Waals surface area contributed by atoms with Crippen molar-refractivity contribution in [3.8, 4) is 23.0 Å². The molecule has 0 bridgehead atoms. The monoisotopic (exact) mass is 348 g/mol. The highest BCUT2D eigenvalue weighted by molar-refractivity contribution is 5.50. The Morgan fingerprint density at radius 2 is 1.35 bits per heavy atom. The van der Waals surface area contributed by atoms with Crippen LogP contribution < -0.4 is 0 Å². The molecule has 3 aromatic rings. The highest BCUT2D eigenvalue weighted by atomic mass is 15.3. The summed E-state index contributed by atoms with van der Waals surface area (Å²) in [6.45, 7) is 11.4. The number of rotatable bonds is 4. The van der Waals surface area contributed by atoms with Crippen LogP contribution in [0.2, 0.25) is 0 Å². The molecule has 0 fully saturated rings. The molecule has 0 saturated heterocycles. The third kappa shape index (κ3) is 3.90. The van der Waals surface area contributed by atoms with E-state index >= 15 is 0 Å². The van der Waals surface area contributed by atoms with E-state index in [0.717, 1.165) is 6.42 Å². The van der Waals surface area contributed by atoms with Crippen molar-refractivity contribution in [2.24, 2.45) is 10.8 Å². The molecule has 134 valence electrons. The van der Waals surface area contributed by atoms with Crippen molar-refractivity contribution >= 4 is 0 Å². The van der Waals surface area contributed by atoms with Crippen molar-refractivity contribution in [2.75, 3.05) is 0 Å². The van der Waals surface area contributed by atoms with Gasteiger partial charge in [-0.25, -0.2) is 0 Å². The molecular formula is C20H24N6. The van der Waals surface area contributed by atoms with E-state index in [4.69, 9.17) is 0 Å². The van der Waals surface area contributed by atoms with Crippen LogP contribution in [0.3, 0.4) is 0 Å². The van der Waals surface area contributed by atoms with Gasteiger partial charge in [0, 0.05) is 12.4 Å². The molecule has 0 N–H and O–H groups in total. The number of hydrogen-bond acceptors (Lipinski definition) is 6. The minimum Gasteiger partial charge on any atom is -0.253 e. The molecule has 26 heavy (non-hydrogen) atoms. The first-order valence-electron chi connectivity index (χ1n) is 8.70. The summed E-state index contributed by atoms with van der Waals surface area (Å²) >= 11 is 0. The molecule has 0 aliphatic carbocycles. The average Bonchev–Trinajstić information content (AvgIpc) is 2.62. The Morgan fingerprint density at radius 3 is 1.81 bits per heavy atom. The summed E-state index contributed by atoms with van der Waals surface area (Å²) in [6.07, 6.45) is 4.53. The van der Waals surface area contributed by atoms with Gasteiger partial charge in [-0.2, -0.15) is 0 Å². The van der Waals surface area contributed by atoms with Gasteiger partial charge in [-0.1, -0.05) is 46.8 Å². The minimum absolute atomic E-state index is 0.167. The van der Waals surface area contributed by atoms with Gasteiger partial charge in [-0.15, -0.1) is 20.4 Å². The fraction of sp³-hybridized carbons (Fsp3) is 0.400. The summed E-state index contributed by atoms with van der Waals surface area (Å²) < 4.78 is 0. The van der Waals surface area contributed by atoms with Crippen LogP contribution >= 0.6 is 0 Å². The molecule has 0 aliphatic heterocycles. The van der Waals surface area contributed by atoms with E-state index in [-0.39, 0.29) is 10.8 Å². The molecule has 0 aromatic carbocycles. The molecule has 0 amide bonds. The molecule has 3 heterocycles. The number of pyridine rings is 2. The maximum absolute atomic E-state index is 4.50. The molecule has 3 rings (SSSR count). The molecule has 6 heteroatoms. The van der Waals surface area contributed by atoms with Gasteiger partial charge in [0.1, 0.15) is 11.4 Å². The summed E-state index contributed by atoms with van der Waals surface area (Å²) in [6, 6.07) is 9.53. The highest BCUT2D eigenvalue weighted by Crippen LogP contribution is 2.40. The normalized spacial score (nSPS) is 12.2. The maximum Gasteiger partial charge on any atom is 0.221 e. The molecule has 3 aromatic heterocycles. The molecule has 0 radical (unpaired) electrons. The third-order valence-electron chi connectivity index (χ3n) is 5.10. The maximum atomic E-state index is 4.50. The number of hydrogen-bond donors (Lipinski definition) is 0. The van der Waals surface area contributed by atoms with Crippen LogP contribution in [0.15, 0.2) is 42.7 Å². The SMILES string of the molecule is CC(C)(C)C(C)(C)Cc1ccc(-c2nnc(-c3ccccn3)nn2)nc1. The lowest BCUT2D eigenvalue weighted by atomic mass is 9.66. The van der Waals surface area contributed by atoms with Crippen molar-refractivity contribution in [3.63, 3.8) is 0 Å². The van der Waals surface area contributed by atoms with Crippen LogP contribution in [0.25, 0.3) is 23.0 Å². The molecule has 0 spiro atoms. The van der Waals surface area contributed by atoms with Crippen LogP contribution in [0.5, 0.6) is 0 Å². The number of aromatic nitrogens is 6. The standard InChI is InChI=1S/C20H24N6/c1-19(2,3)20(4,5)12-14-9-10-16(22-13-14)18-25-23-17(24-26-18)15-8-6-7-11-21-15/h6-11,13H,12H2,1-5H3. The summed E-state index contributed by atoms with van der Waals surface area (Å²) in [5.74, 6) is 0.809. The predicted molar refractivity (Wildman–Crippen MR) is 101 cm³/mol. The van der Waals surface area contributed by atoms with Crippen molar-refractivity contribution in [1.82, 2.24) is 30.4 Å². The molecule has 0 saturated carbocycles. The summed E-state index contributed by atoms with van der Waals surface area (Å²) in [4.78, 5) is 8.69. The van der Waals surface area contributed by atoms with Crippen molar-refractivity contribution in [2.45, 2.75) is 41.0 Å². The zero-order chi connectivity index (χ0) is 18.8. The van der Waals surface area contributed by atoms with Crippen LogP contribution in [0, 0.1) is 10.8 Å². The highest BCUT2D eigenvalue weighted by Gasteiger charge is 2.32. The largest absolute Gasteiger partial charge is 0.253 e. The third-order valence-corrected chi connectivity index (χ3v) is 5.10. The number of nitrogens with zero attached hydrogens (tertiary/aromatic N) is 6. The van der Waals surface area contributed by atoms with Gasteiger partial charge < -0.3 is 0 Å². The van der Waals surface area contributed by atoms with Gasteiger partial charge in [0.15, 0.2) is 0 Å². The lowest BCUT2D eigenvalue weighted by molar-refractivity contribution is 0.132. The quantitative estimate of drug-likeness (QED) is 0.709. The first kappa shape index (κ1) is 18.0. The summed E-state index contributed by atoms with van der Waals surface area (Å²) in [5, 5.41) is 16.5. The van der Waals surface area contributed by atoms with Crippen molar-refractivity contribution in [1.29, 1.82) is 0 Å². The van der Waals surface area contributed by atoms with E-state index < -0.39 is 0 Å². The topological polar surface area (TPSA) is 77.3 Å². The molecular weight excluding hydrogens is 324 g/mol. The van der Waals surface area contributed by atoms with E-state index in [2.05, 4.69) is 71.0 Å². The molecule has 6 nitrogen and oxygen atoms in total. The Labute approximate surface area is 154 Å².